The SMILES string of the molecule is COc1ccc2c(=O)c(C(=O)N3CCNCC3)c[nH]c2c1. The number of nitrogens with one attached hydrogen (secondary N) is 2. The molecule has 2 aromatic rings. The van der Waals surface area contributed by atoms with Gasteiger partial charge >= 0.3 is 0 Å². The molecule has 1 amide bonds. The molecule has 1 aromatic carbocycles. The average molecular weight is 287 g/mol. The van der Waals surface area contributed by atoms with Crippen LogP contribution < -0.4 is 15.5 Å². The maximum absolute atomic E-state index is 12.5. The van der Waals surface area contributed by atoms with Crippen LogP contribution in [0.5, 0.6) is 5.75 Å². The molecule has 1 aliphatic rings. The maximum Gasteiger partial charge on any atom is 0.259 e. The highest BCUT2D eigenvalue weighted by molar-refractivity contribution is 5.97. The Morgan fingerprint density at radius 2 is 2.05 bits per heavy atom. The zero-order chi connectivity index (χ0) is 14.8. The van der Waals surface area contributed by atoms with Gasteiger partial charge in [-0.05, 0) is 12.1 Å². The van der Waals surface area contributed by atoms with Crippen molar-refractivity contribution in [1.29, 1.82) is 0 Å². The summed E-state index contributed by atoms with van der Waals surface area (Å²) in [5, 5.41) is 3.68. The number of carbonyl (C=O) groups excluding carboxylic acids is 1. The molecule has 6 nitrogen and oxygen atoms in total. The van der Waals surface area contributed by atoms with Gasteiger partial charge in [-0.1, -0.05) is 0 Å². The van der Waals surface area contributed by atoms with Gasteiger partial charge in [0.1, 0.15) is 11.3 Å². The van der Waals surface area contributed by atoms with Crippen LogP contribution in [0.25, 0.3) is 10.9 Å². The molecule has 3 rings (SSSR count). The van der Waals surface area contributed by atoms with Crippen LogP contribution in [-0.4, -0.2) is 49.1 Å². The van der Waals surface area contributed by atoms with Crippen molar-refractivity contribution in [3.05, 3.63) is 40.2 Å². The fourth-order valence-electron chi connectivity index (χ4n) is 2.53. The minimum absolute atomic E-state index is 0.189. The summed E-state index contributed by atoms with van der Waals surface area (Å²) < 4.78 is 5.13. The first-order chi connectivity index (χ1) is 10.2. The molecule has 2 N–H and O–H groups in total. The molecule has 2 heterocycles. The Bertz CT molecular complexity index is 733. The number of amides is 1. The topological polar surface area (TPSA) is 74.4 Å². The number of ether oxygens (including phenoxy) is 1. The van der Waals surface area contributed by atoms with E-state index >= 15 is 0 Å². The summed E-state index contributed by atoms with van der Waals surface area (Å²) in [4.78, 5) is 29.6. The summed E-state index contributed by atoms with van der Waals surface area (Å²) in [6.07, 6.45) is 1.49. The summed E-state index contributed by atoms with van der Waals surface area (Å²) in [6.45, 7) is 2.76. The Morgan fingerprint density at radius 1 is 1.29 bits per heavy atom. The summed E-state index contributed by atoms with van der Waals surface area (Å²) in [6, 6.07) is 5.15. The van der Waals surface area contributed by atoms with Crippen molar-refractivity contribution in [3.8, 4) is 5.75 Å². The Labute approximate surface area is 121 Å². The molecule has 1 saturated heterocycles. The van der Waals surface area contributed by atoms with Gasteiger partial charge in [-0.15, -0.1) is 0 Å². The molecule has 21 heavy (non-hydrogen) atoms. The predicted octanol–water partition coefficient (Wildman–Crippen LogP) is 0.582. The van der Waals surface area contributed by atoms with E-state index in [1.165, 1.54) is 6.20 Å². The highest BCUT2D eigenvalue weighted by atomic mass is 16.5. The number of piperazine rings is 1. The smallest absolute Gasteiger partial charge is 0.259 e. The highest BCUT2D eigenvalue weighted by Crippen LogP contribution is 2.17. The molecule has 1 fully saturated rings. The number of pyridine rings is 1. The number of rotatable bonds is 2. The summed E-state index contributed by atoms with van der Waals surface area (Å²) >= 11 is 0. The number of nitrogens with zero attached hydrogens (tertiary/aromatic N) is 1. The summed E-state index contributed by atoms with van der Waals surface area (Å²) in [7, 11) is 1.57. The fraction of sp³-hybridized carbons (Fsp3) is 0.333. The molecule has 6 heteroatoms. The number of hydrogen-bond donors (Lipinski definition) is 2. The number of hydrogen-bond acceptors (Lipinski definition) is 4. The van der Waals surface area contributed by atoms with Crippen LogP contribution in [0.15, 0.2) is 29.2 Å². The molecule has 1 aromatic heterocycles. The van der Waals surface area contributed by atoms with Crippen molar-refractivity contribution in [3.63, 3.8) is 0 Å². The second-order valence-corrected chi connectivity index (χ2v) is 4.99. The van der Waals surface area contributed by atoms with Crippen molar-refractivity contribution >= 4 is 16.8 Å². The van der Waals surface area contributed by atoms with Gasteiger partial charge < -0.3 is 19.9 Å². The lowest BCUT2D eigenvalue weighted by Gasteiger charge is -2.27. The van der Waals surface area contributed by atoms with Crippen LogP contribution in [0.4, 0.5) is 0 Å². The van der Waals surface area contributed by atoms with Gasteiger partial charge in [0.25, 0.3) is 5.91 Å². The van der Waals surface area contributed by atoms with E-state index in [4.69, 9.17) is 4.74 Å². The van der Waals surface area contributed by atoms with Crippen LogP contribution in [0.2, 0.25) is 0 Å². The third kappa shape index (κ3) is 2.50. The van der Waals surface area contributed by atoms with E-state index in [1.54, 1.807) is 30.2 Å². The Balaban J connectivity index is 2.01. The second-order valence-electron chi connectivity index (χ2n) is 4.99. The fourth-order valence-corrected chi connectivity index (χ4v) is 2.53. The lowest BCUT2D eigenvalue weighted by atomic mass is 10.1. The van der Waals surface area contributed by atoms with E-state index in [0.29, 0.717) is 29.7 Å². The Morgan fingerprint density at radius 3 is 2.76 bits per heavy atom. The van der Waals surface area contributed by atoms with Gasteiger partial charge in [-0.3, -0.25) is 9.59 Å². The molecular weight excluding hydrogens is 270 g/mol. The van der Waals surface area contributed by atoms with Gasteiger partial charge in [0.15, 0.2) is 0 Å². The number of benzene rings is 1. The third-order valence-corrected chi connectivity index (χ3v) is 3.72. The van der Waals surface area contributed by atoms with Crippen LogP contribution >= 0.6 is 0 Å². The first-order valence-electron chi connectivity index (χ1n) is 6.90. The zero-order valence-corrected chi connectivity index (χ0v) is 11.8. The Hall–Kier alpha value is -2.34. The number of aromatic amines is 1. The molecule has 0 radical (unpaired) electrons. The van der Waals surface area contributed by atoms with Gasteiger partial charge in [-0.25, -0.2) is 0 Å². The van der Waals surface area contributed by atoms with Crippen molar-refractivity contribution in [2.75, 3.05) is 33.3 Å². The van der Waals surface area contributed by atoms with E-state index in [-0.39, 0.29) is 16.9 Å². The van der Waals surface area contributed by atoms with Crippen LogP contribution in [0.3, 0.4) is 0 Å². The van der Waals surface area contributed by atoms with Crippen molar-refractivity contribution in [1.82, 2.24) is 15.2 Å². The molecular formula is C15H17N3O3. The van der Waals surface area contributed by atoms with E-state index in [2.05, 4.69) is 10.3 Å². The summed E-state index contributed by atoms with van der Waals surface area (Å²) in [5.41, 5.74) is 0.612. The largest absolute Gasteiger partial charge is 0.497 e. The standard InChI is InChI=1S/C15H17N3O3/c1-21-10-2-3-11-13(8-10)17-9-12(14(11)19)15(20)18-6-4-16-5-7-18/h2-3,8-9,16H,4-7H2,1H3,(H,17,19). The zero-order valence-electron chi connectivity index (χ0n) is 11.8. The number of H-pyrrole nitrogens is 1. The molecule has 0 aliphatic carbocycles. The molecule has 0 spiro atoms. The summed E-state index contributed by atoms with van der Waals surface area (Å²) in [5.74, 6) is 0.454. The average Bonchev–Trinajstić information content (AvgIpc) is 2.55. The van der Waals surface area contributed by atoms with Crippen LogP contribution in [0, 0.1) is 0 Å². The number of carbonyl (C=O) groups is 1. The lowest BCUT2D eigenvalue weighted by Crippen LogP contribution is -2.47. The predicted molar refractivity (Wildman–Crippen MR) is 79.9 cm³/mol. The van der Waals surface area contributed by atoms with Gasteiger partial charge in [0.2, 0.25) is 5.43 Å². The number of aromatic nitrogens is 1. The molecule has 0 bridgehead atoms. The first-order valence-corrected chi connectivity index (χ1v) is 6.90. The molecule has 0 saturated carbocycles. The van der Waals surface area contributed by atoms with Crippen molar-refractivity contribution in [2.45, 2.75) is 0 Å². The lowest BCUT2D eigenvalue weighted by molar-refractivity contribution is 0.0734. The van der Waals surface area contributed by atoms with E-state index in [9.17, 15) is 9.59 Å². The van der Waals surface area contributed by atoms with E-state index < -0.39 is 0 Å². The molecule has 110 valence electrons. The minimum atomic E-state index is -0.241. The van der Waals surface area contributed by atoms with E-state index in [0.717, 1.165) is 13.1 Å². The van der Waals surface area contributed by atoms with Gasteiger partial charge in [-0.2, -0.15) is 0 Å². The second kappa shape index (κ2) is 5.57. The maximum atomic E-state index is 12.5. The van der Waals surface area contributed by atoms with Gasteiger partial charge in [0.05, 0.1) is 12.6 Å². The van der Waals surface area contributed by atoms with Crippen LogP contribution in [-0.2, 0) is 0 Å². The van der Waals surface area contributed by atoms with Crippen LogP contribution in [0.1, 0.15) is 10.4 Å². The monoisotopic (exact) mass is 287 g/mol. The first kappa shape index (κ1) is 13.6. The third-order valence-electron chi connectivity index (χ3n) is 3.72. The number of fused-ring (bicyclic) bond motifs is 1. The molecule has 0 atom stereocenters. The number of methoxy groups -OCH3 is 1. The van der Waals surface area contributed by atoms with Crippen molar-refractivity contribution < 1.29 is 9.53 Å². The molecule has 1 aliphatic heterocycles. The quantitative estimate of drug-likeness (QED) is 0.847. The Kier molecular flexibility index (Phi) is 3.62. The van der Waals surface area contributed by atoms with Gasteiger partial charge in [0, 0.05) is 43.8 Å². The minimum Gasteiger partial charge on any atom is -0.497 e. The van der Waals surface area contributed by atoms with E-state index in [1.807, 2.05) is 0 Å². The normalized spacial score (nSPS) is 15.2. The van der Waals surface area contributed by atoms with Crippen molar-refractivity contribution in [2.24, 2.45) is 0 Å². The highest BCUT2D eigenvalue weighted by Gasteiger charge is 2.21. The molecule has 0 unspecified atom stereocenters.